The second kappa shape index (κ2) is 10.6. The van der Waals surface area contributed by atoms with Gasteiger partial charge in [0.1, 0.15) is 12.1 Å². The van der Waals surface area contributed by atoms with E-state index in [9.17, 15) is 28.4 Å². The Kier molecular flexibility index (Phi) is 7.69. The zero-order valence-corrected chi connectivity index (χ0v) is 20.8. The van der Waals surface area contributed by atoms with Gasteiger partial charge in [-0.25, -0.2) is 8.78 Å². The number of nitrogens with zero attached hydrogens (tertiary/aromatic N) is 2. The van der Waals surface area contributed by atoms with Gasteiger partial charge in [-0.1, -0.05) is 17.7 Å². The van der Waals surface area contributed by atoms with Crippen molar-refractivity contribution in [2.45, 2.75) is 69.5 Å². The maximum Gasteiger partial charge on any atom is 0.255 e. The van der Waals surface area contributed by atoms with E-state index in [0.29, 0.717) is 30.1 Å². The molecule has 0 unspecified atom stereocenters. The lowest BCUT2D eigenvalue weighted by molar-refractivity contribution is -0.193. The molecule has 5 atom stereocenters. The van der Waals surface area contributed by atoms with E-state index in [0.717, 1.165) is 12.0 Å². The van der Waals surface area contributed by atoms with Crippen LogP contribution < -0.4 is 16.0 Å². The third-order valence-electron chi connectivity index (χ3n) is 7.58. The fourth-order valence-corrected chi connectivity index (χ4v) is 5.85. The van der Waals surface area contributed by atoms with Gasteiger partial charge in [0, 0.05) is 35.6 Å². The predicted octanol–water partition coefficient (Wildman–Crippen LogP) is 3.00. The molecular formula is C25H30ClF2N5O3. The molecule has 4 fully saturated rings. The molecule has 0 aromatic heterocycles. The summed E-state index contributed by atoms with van der Waals surface area (Å²) >= 11 is 6.14. The standard InChI is InChI=1S/C25H30ClF2N5O3/c1-14-19(26)5-2-6-20(14)31-13-21(34)33-17-7-8-18(25(27,28)11-17)22(33)24(36)32-16(12-29)10-15-4-3-9-30-23(15)35/h2,5-6,15-18,22,31H,3-4,7-11,13H2,1H3,(H,30,35)(H,32,36)/t15-,16+,17+,18+,22-/m1/s1. The largest absolute Gasteiger partial charge is 0.376 e. The van der Waals surface area contributed by atoms with Crippen molar-refractivity contribution in [3.05, 3.63) is 28.8 Å². The lowest BCUT2D eigenvalue weighted by atomic mass is 9.71. The molecule has 1 aromatic carbocycles. The van der Waals surface area contributed by atoms with E-state index < -0.39 is 54.1 Å². The van der Waals surface area contributed by atoms with E-state index in [1.807, 2.05) is 6.07 Å². The monoisotopic (exact) mass is 521 g/mol. The number of halogens is 3. The Morgan fingerprint density at radius 2 is 2.11 bits per heavy atom. The smallest absolute Gasteiger partial charge is 0.255 e. The Labute approximate surface area is 213 Å². The second-order valence-electron chi connectivity index (χ2n) is 9.87. The predicted molar refractivity (Wildman–Crippen MR) is 129 cm³/mol. The summed E-state index contributed by atoms with van der Waals surface area (Å²) in [5.41, 5.74) is 1.39. The fourth-order valence-electron chi connectivity index (χ4n) is 5.67. The molecule has 11 heteroatoms. The summed E-state index contributed by atoms with van der Waals surface area (Å²) in [6.07, 6.45) is 1.45. The van der Waals surface area contributed by atoms with Crippen molar-refractivity contribution in [2.75, 3.05) is 18.4 Å². The lowest BCUT2D eigenvalue weighted by Crippen LogP contribution is -2.69. The molecule has 3 amide bonds. The quantitative estimate of drug-likeness (QED) is 0.510. The molecule has 194 valence electrons. The number of nitriles is 1. The first-order chi connectivity index (χ1) is 17.1. The summed E-state index contributed by atoms with van der Waals surface area (Å²) in [4.78, 5) is 40.0. The van der Waals surface area contributed by atoms with E-state index in [1.54, 1.807) is 25.1 Å². The number of hydrogen-bond acceptors (Lipinski definition) is 5. The lowest BCUT2D eigenvalue weighted by Gasteiger charge is -2.53. The summed E-state index contributed by atoms with van der Waals surface area (Å²) in [5, 5.41) is 18.4. The highest BCUT2D eigenvalue weighted by Gasteiger charge is 2.60. The number of piperidine rings is 3. The number of carbonyl (C=O) groups is 3. The molecule has 2 bridgehead atoms. The van der Waals surface area contributed by atoms with E-state index in [2.05, 4.69) is 16.0 Å². The number of hydrogen-bond donors (Lipinski definition) is 3. The molecule has 3 saturated heterocycles. The van der Waals surface area contributed by atoms with Crippen LogP contribution in [0.4, 0.5) is 14.5 Å². The molecule has 8 nitrogen and oxygen atoms in total. The minimum atomic E-state index is -3.09. The number of carbonyl (C=O) groups excluding carboxylic acids is 3. The van der Waals surface area contributed by atoms with Gasteiger partial charge in [0.15, 0.2) is 0 Å². The third-order valence-corrected chi connectivity index (χ3v) is 7.99. The van der Waals surface area contributed by atoms with Crippen molar-refractivity contribution in [3.8, 4) is 6.07 Å². The zero-order valence-electron chi connectivity index (χ0n) is 20.0. The minimum absolute atomic E-state index is 0.0921. The van der Waals surface area contributed by atoms with E-state index >= 15 is 0 Å². The molecule has 1 aliphatic carbocycles. The molecule has 3 aliphatic heterocycles. The highest BCUT2D eigenvalue weighted by atomic mass is 35.5. The van der Waals surface area contributed by atoms with Gasteiger partial charge in [-0.15, -0.1) is 0 Å². The molecule has 1 saturated carbocycles. The van der Waals surface area contributed by atoms with Crippen molar-refractivity contribution < 1.29 is 23.2 Å². The Hall–Kier alpha value is -2.93. The summed E-state index contributed by atoms with van der Waals surface area (Å²) in [6.45, 7) is 2.17. The van der Waals surface area contributed by atoms with Crippen molar-refractivity contribution in [1.29, 1.82) is 5.26 Å². The third kappa shape index (κ3) is 5.26. The average Bonchev–Trinajstić information content (AvgIpc) is 2.84. The van der Waals surface area contributed by atoms with Gasteiger partial charge in [-0.05, 0) is 56.7 Å². The summed E-state index contributed by atoms with van der Waals surface area (Å²) in [7, 11) is 0. The summed E-state index contributed by atoms with van der Waals surface area (Å²) < 4.78 is 29.7. The first-order valence-electron chi connectivity index (χ1n) is 12.3. The van der Waals surface area contributed by atoms with Gasteiger partial charge in [-0.3, -0.25) is 14.4 Å². The first kappa shape index (κ1) is 26.1. The van der Waals surface area contributed by atoms with Gasteiger partial charge >= 0.3 is 0 Å². The van der Waals surface area contributed by atoms with Crippen molar-refractivity contribution in [1.82, 2.24) is 15.5 Å². The normalized spacial score (nSPS) is 27.5. The van der Waals surface area contributed by atoms with Crippen molar-refractivity contribution >= 4 is 35.0 Å². The topological polar surface area (TPSA) is 114 Å². The highest BCUT2D eigenvalue weighted by Crippen LogP contribution is 2.49. The molecule has 4 aliphatic rings. The number of benzene rings is 1. The molecule has 36 heavy (non-hydrogen) atoms. The Morgan fingerprint density at radius 1 is 1.33 bits per heavy atom. The second-order valence-corrected chi connectivity index (χ2v) is 10.3. The molecule has 0 spiro atoms. The first-order valence-corrected chi connectivity index (χ1v) is 12.7. The van der Waals surface area contributed by atoms with Crippen LogP contribution in [0.5, 0.6) is 0 Å². The van der Waals surface area contributed by atoms with Crippen LogP contribution in [0.2, 0.25) is 5.02 Å². The van der Waals surface area contributed by atoms with Gasteiger partial charge in [-0.2, -0.15) is 5.26 Å². The van der Waals surface area contributed by atoms with E-state index in [4.69, 9.17) is 11.6 Å². The summed E-state index contributed by atoms with van der Waals surface area (Å²) in [5.74, 6) is -6.30. The van der Waals surface area contributed by atoms with Crippen LogP contribution in [-0.2, 0) is 14.4 Å². The van der Waals surface area contributed by atoms with Crippen LogP contribution in [0.3, 0.4) is 0 Å². The SMILES string of the molecule is Cc1c(Cl)cccc1NCC(=O)N1[C@H]2CC[C@@H]([C@@H]1C(=O)N[C@H](C#N)C[C@H]1CCCNC1=O)C(F)(F)C2. The number of anilines is 1. The number of amides is 3. The van der Waals surface area contributed by atoms with Gasteiger partial charge in [0.2, 0.25) is 17.7 Å². The van der Waals surface area contributed by atoms with Gasteiger partial charge < -0.3 is 20.9 Å². The Bertz CT molecular complexity index is 1080. The van der Waals surface area contributed by atoms with E-state index in [-0.39, 0.29) is 25.3 Å². The molecule has 5 rings (SSSR count). The molecule has 3 N–H and O–H groups in total. The molecule has 0 radical (unpaired) electrons. The highest BCUT2D eigenvalue weighted by molar-refractivity contribution is 6.31. The van der Waals surface area contributed by atoms with Crippen LogP contribution in [0.25, 0.3) is 0 Å². The maximum absolute atomic E-state index is 14.9. The molecular weight excluding hydrogens is 492 g/mol. The van der Waals surface area contributed by atoms with Crippen LogP contribution >= 0.6 is 11.6 Å². The number of nitrogens with one attached hydrogen (secondary N) is 3. The number of alkyl halides is 2. The van der Waals surface area contributed by atoms with Crippen LogP contribution in [0.1, 0.15) is 44.1 Å². The molecule has 1 aromatic rings. The van der Waals surface area contributed by atoms with Crippen LogP contribution in [-0.4, -0.2) is 59.8 Å². The van der Waals surface area contributed by atoms with Crippen molar-refractivity contribution in [2.24, 2.45) is 11.8 Å². The Balaban J connectivity index is 1.50. The van der Waals surface area contributed by atoms with Gasteiger partial charge in [0.05, 0.1) is 18.5 Å². The van der Waals surface area contributed by atoms with Crippen LogP contribution in [0, 0.1) is 30.1 Å². The summed E-state index contributed by atoms with van der Waals surface area (Å²) in [6, 6.07) is 4.00. The fraction of sp³-hybridized carbons (Fsp3) is 0.600. The Morgan fingerprint density at radius 3 is 2.81 bits per heavy atom. The number of rotatable bonds is 7. The maximum atomic E-state index is 14.9. The number of fused-ring (bicyclic) bond motifs is 3. The zero-order chi connectivity index (χ0) is 26.0. The van der Waals surface area contributed by atoms with E-state index in [1.165, 1.54) is 4.90 Å². The van der Waals surface area contributed by atoms with Gasteiger partial charge in [0.25, 0.3) is 5.92 Å². The molecule has 3 heterocycles. The minimum Gasteiger partial charge on any atom is -0.376 e. The average molecular weight is 522 g/mol. The van der Waals surface area contributed by atoms with Crippen molar-refractivity contribution in [3.63, 3.8) is 0 Å². The van der Waals surface area contributed by atoms with Crippen LogP contribution in [0.15, 0.2) is 18.2 Å².